The number of aromatic nitrogens is 2. The van der Waals surface area contributed by atoms with Crippen LogP contribution >= 0.6 is 0 Å². The van der Waals surface area contributed by atoms with Crippen molar-refractivity contribution in [3.63, 3.8) is 0 Å². The van der Waals surface area contributed by atoms with E-state index in [1.54, 1.807) is 24.3 Å². The molecule has 1 amide bonds. The maximum atomic E-state index is 13.7. The van der Waals surface area contributed by atoms with Gasteiger partial charge in [-0.1, -0.05) is 60.7 Å². The first-order chi connectivity index (χ1) is 16.1. The van der Waals surface area contributed by atoms with E-state index in [0.29, 0.717) is 6.42 Å². The average Bonchev–Trinajstić information content (AvgIpc) is 3.35. The molecule has 2 heterocycles. The zero-order chi connectivity index (χ0) is 22.8. The molecule has 0 unspecified atom stereocenters. The number of phenols is 1. The van der Waals surface area contributed by atoms with Crippen molar-refractivity contribution in [3.05, 3.63) is 102 Å². The molecule has 1 aliphatic heterocycles. The Bertz CT molecular complexity index is 1250. The van der Waals surface area contributed by atoms with Gasteiger partial charge < -0.3 is 20.7 Å². The first-order valence-corrected chi connectivity index (χ1v) is 11.2. The lowest BCUT2D eigenvalue weighted by atomic mass is 9.93. The first kappa shape index (κ1) is 21.0. The van der Waals surface area contributed by atoms with E-state index in [1.165, 1.54) is 0 Å². The molecule has 1 aromatic heterocycles. The number of aromatic hydroxyl groups is 1. The number of hydrogen-bond donors (Lipinski definition) is 3. The number of fused-ring (bicyclic) bond motifs is 1. The smallest absolute Gasteiger partial charge is 0.244 e. The van der Waals surface area contributed by atoms with Crippen LogP contribution in [-0.4, -0.2) is 27.0 Å². The number of H-pyrrole nitrogens is 1. The Balaban J connectivity index is 1.47. The zero-order valence-corrected chi connectivity index (χ0v) is 18.2. The second-order valence-electron chi connectivity index (χ2n) is 8.41. The number of nitrogens with one attached hydrogen (secondary N) is 1. The second kappa shape index (κ2) is 8.92. The number of amides is 1. The number of para-hydroxylation sites is 1. The summed E-state index contributed by atoms with van der Waals surface area (Å²) in [5.41, 5.74) is 11.2. The number of aryl methyl sites for hydroxylation is 1. The number of anilines is 1. The van der Waals surface area contributed by atoms with Gasteiger partial charge in [0.1, 0.15) is 11.6 Å². The van der Waals surface area contributed by atoms with E-state index in [9.17, 15) is 9.90 Å². The van der Waals surface area contributed by atoms with E-state index >= 15 is 0 Å². The molecule has 3 aromatic carbocycles. The summed E-state index contributed by atoms with van der Waals surface area (Å²) >= 11 is 0. The molecular weight excluding hydrogens is 412 g/mol. The third-order valence-corrected chi connectivity index (χ3v) is 6.18. The van der Waals surface area contributed by atoms with Crippen molar-refractivity contribution in [2.75, 3.05) is 4.90 Å². The Hall–Kier alpha value is -3.90. The summed E-state index contributed by atoms with van der Waals surface area (Å²) in [5.74, 6) is 0.808. The molecule has 5 rings (SSSR count). The van der Waals surface area contributed by atoms with Gasteiger partial charge in [0.25, 0.3) is 0 Å². The number of imidazole rings is 1. The van der Waals surface area contributed by atoms with E-state index in [1.807, 2.05) is 59.6 Å². The molecule has 4 N–H and O–H groups in total. The van der Waals surface area contributed by atoms with Crippen LogP contribution in [0.1, 0.15) is 29.4 Å². The average molecular weight is 439 g/mol. The second-order valence-corrected chi connectivity index (χ2v) is 8.41. The van der Waals surface area contributed by atoms with Crippen LogP contribution in [0.15, 0.2) is 85.1 Å². The van der Waals surface area contributed by atoms with Crippen LogP contribution < -0.4 is 10.6 Å². The minimum Gasteiger partial charge on any atom is -0.508 e. The summed E-state index contributed by atoms with van der Waals surface area (Å²) in [6, 6.07) is 23.8. The third kappa shape index (κ3) is 4.25. The standard InChI is InChI=1S/C27H26N4O2/c28-22(16-18-10-13-21(32)14-11-18)27(33)31-24-9-5-4-8-20(24)12-15-25(31)26-29-17-23(30-26)19-6-2-1-3-7-19/h1-11,13-14,17,22,25,32H,12,15-16,28H2,(H,29,30)/t22-,25+/m0/s1. The molecule has 0 radical (unpaired) electrons. The van der Waals surface area contributed by atoms with Gasteiger partial charge in [0.2, 0.25) is 5.91 Å². The van der Waals surface area contributed by atoms with Crippen LogP contribution in [0.2, 0.25) is 0 Å². The number of rotatable bonds is 5. The van der Waals surface area contributed by atoms with Crippen molar-refractivity contribution >= 4 is 11.6 Å². The lowest BCUT2D eigenvalue weighted by Crippen LogP contribution is -2.48. The highest BCUT2D eigenvalue weighted by Crippen LogP contribution is 2.38. The quantitative estimate of drug-likeness (QED) is 0.431. The van der Waals surface area contributed by atoms with Gasteiger partial charge in [0, 0.05) is 17.4 Å². The normalized spacial score (nSPS) is 16.3. The lowest BCUT2D eigenvalue weighted by Gasteiger charge is -2.37. The van der Waals surface area contributed by atoms with Gasteiger partial charge in [-0.2, -0.15) is 0 Å². The molecule has 166 valence electrons. The number of nitrogens with zero attached hydrogens (tertiary/aromatic N) is 2. The summed E-state index contributed by atoms with van der Waals surface area (Å²) in [7, 11) is 0. The number of aromatic amines is 1. The SMILES string of the molecule is N[C@@H](Cc1ccc(O)cc1)C(=O)N1c2ccccc2CC[C@@H]1c1nc(-c2ccccc2)c[nH]1. The predicted molar refractivity (Wildman–Crippen MR) is 129 cm³/mol. The van der Waals surface area contributed by atoms with E-state index in [2.05, 4.69) is 11.1 Å². The number of phenolic OH excluding ortho intramolecular Hbond substituents is 1. The Kier molecular flexibility index (Phi) is 5.67. The summed E-state index contributed by atoms with van der Waals surface area (Å²) < 4.78 is 0. The van der Waals surface area contributed by atoms with Gasteiger partial charge >= 0.3 is 0 Å². The minimum absolute atomic E-state index is 0.141. The van der Waals surface area contributed by atoms with E-state index in [0.717, 1.165) is 46.7 Å². The third-order valence-electron chi connectivity index (χ3n) is 6.18. The van der Waals surface area contributed by atoms with Crippen LogP contribution in [0.5, 0.6) is 5.75 Å². The number of carbonyl (C=O) groups excluding carboxylic acids is 1. The maximum Gasteiger partial charge on any atom is 0.244 e. The van der Waals surface area contributed by atoms with Gasteiger partial charge in [-0.25, -0.2) is 4.98 Å². The molecule has 2 atom stereocenters. The lowest BCUT2D eigenvalue weighted by molar-refractivity contribution is -0.120. The number of nitrogens with two attached hydrogens (primary N) is 1. The highest BCUT2D eigenvalue weighted by atomic mass is 16.3. The Morgan fingerprint density at radius 1 is 1.06 bits per heavy atom. The molecule has 0 saturated carbocycles. The largest absolute Gasteiger partial charge is 0.508 e. The van der Waals surface area contributed by atoms with Gasteiger partial charge in [0.05, 0.1) is 17.8 Å². The van der Waals surface area contributed by atoms with Crippen molar-refractivity contribution < 1.29 is 9.90 Å². The van der Waals surface area contributed by atoms with E-state index in [4.69, 9.17) is 10.7 Å². The van der Waals surface area contributed by atoms with Gasteiger partial charge in [-0.15, -0.1) is 0 Å². The molecule has 0 aliphatic carbocycles. The van der Waals surface area contributed by atoms with Crippen molar-refractivity contribution in [1.29, 1.82) is 0 Å². The zero-order valence-electron chi connectivity index (χ0n) is 18.2. The van der Waals surface area contributed by atoms with Gasteiger partial charge in [-0.05, 0) is 48.6 Å². The Labute approximate surface area is 192 Å². The Morgan fingerprint density at radius 2 is 1.79 bits per heavy atom. The summed E-state index contributed by atoms with van der Waals surface area (Å²) in [6.45, 7) is 0. The molecule has 6 nitrogen and oxygen atoms in total. The van der Waals surface area contributed by atoms with Crippen molar-refractivity contribution in [2.24, 2.45) is 5.73 Å². The van der Waals surface area contributed by atoms with Crippen LogP contribution in [0.4, 0.5) is 5.69 Å². The monoisotopic (exact) mass is 438 g/mol. The van der Waals surface area contributed by atoms with Crippen LogP contribution in [-0.2, 0) is 17.6 Å². The van der Waals surface area contributed by atoms with E-state index < -0.39 is 6.04 Å². The molecule has 33 heavy (non-hydrogen) atoms. The first-order valence-electron chi connectivity index (χ1n) is 11.2. The fourth-order valence-electron chi connectivity index (χ4n) is 4.49. The highest BCUT2D eigenvalue weighted by Gasteiger charge is 2.36. The number of benzene rings is 3. The molecule has 0 bridgehead atoms. The molecular formula is C27H26N4O2. The number of carbonyl (C=O) groups is 1. The van der Waals surface area contributed by atoms with Crippen LogP contribution in [0.3, 0.4) is 0 Å². The number of hydrogen-bond acceptors (Lipinski definition) is 4. The fourth-order valence-corrected chi connectivity index (χ4v) is 4.49. The predicted octanol–water partition coefficient (Wildman–Crippen LogP) is 4.37. The summed E-state index contributed by atoms with van der Waals surface area (Å²) in [5, 5.41) is 9.54. The van der Waals surface area contributed by atoms with Crippen molar-refractivity contribution in [1.82, 2.24) is 9.97 Å². The minimum atomic E-state index is -0.716. The van der Waals surface area contributed by atoms with Crippen molar-refractivity contribution in [3.8, 4) is 17.0 Å². The summed E-state index contributed by atoms with van der Waals surface area (Å²) in [4.78, 5) is 23.7. The topological polar surface area (TPSA) is 95.2 Å². The Morgan fingerprint density at radius 3 is 2.58 bits per heavy atom. The van der Waals surface area contributed by atoms with Gasteiger partial charge in [-0.3, -0.25) is 4.79 Å². The molecule has 0 spiro atoms. The summed E-state index contributed by atoms with van der Waals surface area (Å²) in [6.07, 6.45) is 3.90. The van der Waals surface area contributed by atoms with Crippen molar-refractivity contribution in [2.45, 2.75) is 31.3 Å². The highest BCUT2D eigenvalue weighted by molar-refractivity contribution is 5.99. The maximum absolute atomic E-state index is 13.7. The van der Waals surface area contributed by atoms with Crippen LogP contribution in [0.25, 0.3) is 11.3 Å². The fraction of sp³-hybridized carbons (Fsp3) is 0.185. The van der Waals surface area contributed by atoms with E-state index in [-0.39, 0.29) is 17.7 Å². The molecule has 6 heteroatoms. The van der Waals surface area contributed by atoms with Gasteiger partial charge in [0.15, 0.2) is 0 Å². The van der Waals surface area contributed by atoms with Crippen LogP contribution in [0, 0.1) is 0 Å². The molecule has 0 saturated heterocycles. The molecule has 0 fully saturated rings. The molecule has 1 aliphatic rings. The molecule has 4 aromatic rings.